The van der Waals surface area contributed by atoms with Gasteiger partial charge in [-0.15, -0.1) is 0 Å². The lowest BCUT2D eigenvalue weighted by atomic mass is 10.1. The van der Waals surface area contributed by atoms with Crippen LogP contribution in [0.5, 0.6) is 5.75 Å². The summed E-state index contributed by atoms with van der Waals surface area (Å²) in [7, 11) is 3.41. The van der Waals surface area contributed by atoms with Gasteiger partial charge in [0.15, 0.2) is 5.76 Å². The second-order valence-electron chi connectivity index (χ2n) is 5.56. The molecule has 0 saturated carbocycles. The number of methoxy groups -OCH3 is 1. The number of amides is 1. The summed E-state index contributed by atoms with van der Waals surface area (Å²) in [4.78, 5) is 14.3. The van der Waals surface area contributed by atoms with Crippen LogP contribution in [0.1, 0.15) is 21.7 Å². The molecule has 23 heavy (non-hydrogen) atoms. The lowest BCUT2D eigenvalue weighted by Crippen LogP contribution is -2.26. The number of rotatable bonds is 4. The molecule has 0 spiro atoms. The summed E-state index contributed by atoms with van der Waals surface area (Å²) < 4.78 is 10.9. The van der Waals surface area contributed by atoms with Crippen LogP contribution in [0.2, 0.25) is 0 Å². The van der Waals surface area contributed by atoms with Crippen LogP contribution >= 0.6 is 0 Å². The lowest BCUT2D eigenvalue weighted by molar-refractivity contribution is 0.0755. The normalized spacial score (nSPS) is 10.7. The van der Waals surface area contributed by atoms with Crippen LogP contribution in [-0.4, -0.2) is 25.0 Å². The van der Waals surface area contributed by atoms with E-state index in [1.807, 2.05) is 55.5 Å². The van der Waals surface area contributed by atoms with Crippen molar-refractivity contribution in [3.05, 3.63) is 65.4 Å². The number of fused-ring (bicyclic) bond motifs is 1. The van der Waals surface area contributed by atoms with Gasteiger partial charge in [0.2, 0.25) is 0 Å². The largest absolute Gasteiger partial charge is 0.497 e. The topological polar surface area (TPSA) is 42.7 Å². The molecule has 2 aromatic carbocycles. The average Bonchev–Trinajstić information content (AvgIpc) is 2.92. The maximum absolute atomic E-state index is 12.7. The smallest absolute Gasteiger partial charge is 0.289 e. The summed E-state index contributed by atoms with van der Waals surface area (Å²) >= 11 is 0. The summed E-state index contributed by atoms with van der Waals surface area (Å²) in [5.74, 6) is 1.09. The van der Waals surface area contributed by atoms with Gasteiger partial charge in [-0.05, 0) is 30.7 Å². The number of carbonyl (C=O) groups is 1. The SMILES string of the molecule is COc1ccc(CN(C)C(=O)c2oc3ccccc3c2C)cc1. The van der Waals surface area contributed by atoms with E-state index in [0.717, 1.165) is 27.8 Å². The van der Waals surface area contributed by atoms with Gasteiger partial charge in [-0.3, -0.25) is 4.79 Å². The third-order valence-corrected chi connectivity index (χ3v) is 3.96. The fourth-order valence-corrected chi connectivity index (χ4v) is 2.63. The highest BCUT2D eigenvalue weighted by Gasteiger charge is 2.20. The summed E-state index contributed by atoms with van der Waals surface area (Å²) in [5, 5.41) is 0.980. The van der Waals surface area contributed by atoms with Crippen molar-refractivity contribution in [1.29, 1.82) is 0 Å². The van der Waals surface area contributed by atoms with E-state index in [9.17, 15) is 4.79 Å². The minimum atomic E-state index is -0.116. The van der Waals surface area contributed by atoms with Gasteiger partial charge in [0.1, 0.15) is 11.3 Å². The zero-order valence-corrected chi connectivity index (χ0v) is 13.5. The van der Waals surface area contributed by atoms with Crippen molar-refractivity contribution >= 4 is 16.9 Å². The average molecular weight is 309 g/mol. The molecule has 0 aliphatic rings. The molecule has 0 atom stereocenters. The van der Waals surface area contributed by atoms with Crippen molar-refractivity contribution in [2.45, 2.75) is 13.5 Å². The quantitative estimate of drug-likeness (QED) is 0.731. The van der Waals surface area contributed by atoms with E-state index in [-0.39, 0.29) is 5.91 Å². The molecule has 118 valence electrons. The molecule has 1 amide bonds. The Morgan fingerprint density at radius 2 is 1.83 bits per heavy atom. The molecule has 0 saturated heterocycles. The summed E-state index contributed by atoms with van der Waals surface area (Å²) in [6, 6.07) is 15.4. The zero-order valence-electron chi connectivity index (χ0n) is 13.5. The van der Waals surface area contributed by atoms with E-state index in [4.69, 9.17) is 9.15 Å². The van der Waals surface area contributed by atoms with Gasteiger partial charge in [0.25, 0.3) is 5.91 Å². The van der Waals surface area contributed by atoms with E-state index in [1.54, 1.807) is 19.1 Å². The predicted molar refractivity (Wildman–Crippen MR) is 89.7 cm³/mol. The Bertz CT molecular complexity index is 833. The maximum Gasteiger partial charge on any atom is 0.289 e. The van der Waals surface area contributed by atoms with Crippen molar-refractivity contribution in [3.63, 3.8) is 0 Å². The van der Waals surface area contributed by atoms with Crippen molar-refractivity contribution in [1.82, 2.24) is 4.90 Å². The molecule has 4 nitrogen and oxygen atoms in total. The van der Waals surface area contributed by atoms with E-state index in [2.05, 4.69) is 0 Å². The summed E-state index contributed by atoms with van der Waals surface area (Å²) in [6.45, 7) is 2.43. The van der Waals surface area contributed by atoms with Crippen LogP contribution in [0.3, 0.4) is 0 Å². The molecule has 4 heteroatoms. The first-order valence-electron chi connectivity index (χ1n) is 7.46. The monoisotopic (exact) mass is 309 g/mol. The lowest BCUT2D eigenvalue weighted by Gasteiger charge is -2.16. The third-order valence-electron chi connectivity index (χ3n) is 3.96. The number of carbonyl (C=O) groups excluding carboxylic acids is 1. The molecule has 0 aliphatic carbocycles. The maximum atomic E-state index is 12.7. The van der Waals surface area contributed by atoms with Crippen LogP contribution in [0, 0.1) is 6.92 Å². The molecule has 0 N–H and O–H groups in total. The second kappa shape index (κ2) is 6.16. The van der Waals surface area contributed by atoms with Crippen molar-refractivity contribution in [3.8, 4) is 5.75 Å². The van der Waals surface area contributed by atoms with Gasteiger partial charge >= 0.3 is 0 Å². The Morgan fingerprint density at radius 3 is 2.48 bits per heavy atom. The summed E-state index contributed by atoms with van der Waals surface area (Å²) in [6.07, 6.45) is 0. The Kier molecular flexibility index (Phi) is 4.06. The van der Waals surface area contributed by atoms with Crippen molar-refractivity contribution in [2.75, 3.05) is 14.2 Å². The molecule has 0 aliphatic heterocycles. The molecule has 1 heterocycles. The molecular formula is C19H19NO3. The Morgan fingerprint density at radius 1 is 1.13 bits per heavy atom. The highest BCUT2D eigenvalue weighted by atomic mass is 16.5. The van der Waals surface area contributed by atoms with E-state index in [0.29, 0.717) is 12.3 Å². The highest BCUT2D eigenvalue weighted by Crippen LogP contribution is 2.26. The first-order chi connectivity index (χ1) is 11.1. The minimum absolute atomic E-state index is 0.116. The van der Waals surface area contributed by atoms with Gasteiger partial charge in [-0.25, -0.2) is 0 Å². The highest BCUT2D eigenvalue weighted by molar-refractivity contribution is 5.98. The predicted octanol–water partition coefficient (Wildman–Crippen LogP) is 4.02. The van der Waals surface area contributed by atoms with Gasteiger partial charge in [0.05, 0.1) is 7.11 Å². The fourth-order valence-electron chi connectivity index (χ4n) is 2.63. The number of furan rings is 1. The van der Waals surface area contributed by atoms with Crippen molar-refractivity contribution < 1.29 is 13.9 Å². The molecule has 3 rings (SSSR count). The number of hydrogen-bond donors (Lipinski definition) is 0. The molecule has 0 radical (unpaired) electrons. The van der Waals surface area contributed by atoms with E-state index in [1.165, 1.54) is 0 Å². The molecular weight excluding hydrogens is 290 g/mol. The molecule has 1 aromatic heterocycles. The first kappa shape index (κ1) is 15.2. The summed E-state index contributed by atoms with van der Waals surface area (Å²) in [5.41, 5.74) is 2.66. The Labute approximate surface area is 135 Å². The number of aryl methyl sites for hydroxylation is 1. The first-order valence-corrected chi connectivity index (χ1v) is 7.46. The van der Waals surface area contributed by atoms with Crippen LogP contribution in [0.4, 0.5) is 0 Å². The number of benzene rings is 2. The number of hydrogen-bond acceptors (Lipinski definition) is 3. The van der Waals surface area contributed by atoms with Crippen LogP contribution in [0.15, 0.2) is 52.9 Å². The van der Waals surface area contributed by atoms with Gasteiger partial charge in [-0.1, -0.05) is 30.3 Å². The second-order valence-corrected chi connectivity index (χ2v) is 5.56. The third kappa shape index (κ3) is 2.93. The van der Waals surface area contributed by atoms with Gasteiger partial charge in [-0.2, -0.15) is 0 Å². The van der Waals surface area contributed by atoms with Gasteiger partial charge < -0.3 is 14.1 Å². The Hall–Kier alpha value is -2.75. The van der Waals surface area contributed by atoms with E-state index < -0.39 is 0 Å². The zero-order chi connectivity index (χ0) is 16.4. The fraction of sp³-hybridized carbons (Fsp3) is 0.211. The van der Waals surface area contributed by atoms with Gasteiger partial charge in [0, 0.05) is 24.5 Å². The van der Waals surface area contributed by atoms with Crippen LogP contribution in [-0.2, 0) is 6.54 Å². The number of para-hydroxylation sites is 1. The number of nitrogens with zero attached hydrogens (tertiary/aromatic N) is 1. The van der Waals surface area contributed by atoms with E-state index >= 15 is 0 Å². The minimum Gasteiger partial charge on any atom is -0.497 e. The van der Waals surface area contributed by atoms with Crippen molar-refractivity contribution in [2.24, 2.45) is 0 Å². The van der Waals surface area contributed by atoms with Crippen LogP contribution < -0.4 is 4.74 Å². The molecule has 3 aromatic rings. The van der Waals surface area contributed by atoms with Crippen LogP contribution in [0.25, 0.3) is 11.0 Å². The molecule has 0 unspecified atom stereocenters. The Balaban J connectivity index is 1.81. The standard InChI is InChI=1S/C19H19NO3/c1-13-16-6-4-5-7-17(16)23-18(13)19(21)20(2)12-14-8-10-15(22-3)11-9-14/h4-11H,12H2,1-3H3. The molecule has 0 fully saturated rings. The molecule has 0 bridgehead atoms. The number of ether oxygens (including phenoxy) is 1.